The second-order valence-corrected chi connectivity index (χ2v) is 5.26. The van der Waals surface area contributed by atoms with Crippen LogP contribution in [0.5, 0.6) is 11.5 Å². The SMILES string of the molecule is COc1ccc(C(=O)N(C)CC2CCNCC2)c(O)c1. The molecule has 5 heteroatoms. The van der Waals surface area contributed by atoms with Gasteiger partial charge >= 0.3 is 0 Å². The van der Waals surface area contributed by atoms with Gasteiger partial charge in [-0.25, -0.2) is 0 Å². The molecule has 0 radical (unpaired) electrons. The molecule has 1 aliphatic rings. The van der Waals surface area contributed by atoms with E-state index in [9.17, 15) is 9.90 Å². The number of rotatable bonds is 4. The van der Waals surface area contributed by atoms with Crippen molar-refractivity contribution in [1.82, 2.24) is 10.2 Å². The molecule has 2 N–H and O–H groups in total. The first kappa shape index (κ1) is 14.7. The lowest BCUT2D eigenvalue weighted by Gasteiger charge is -2.27. The number of amides is 1. The zero-order chi connectivity index (χ0) is 14.5. The Hall–Kier alpha value is -1.75. The molecule has 0 aliphatic carbocycles. The summed E-state index contributed by atoms with van der Waals surface area (Å²) in [4.78, 5) is 14.0. The predicted molar refractivity (Wildman–Crippen MR) is 77.2 cm³/mol. The van der Waals surface area contributed by atoms with Gasteiger partial charge in [0.05, 0.1) is 12.7 Å². The van der Waals surface area contributed by atoms with Crippen LogP contribution in [0.4, 0.5) is 0 Å². The number of hydrogen-bond donors (Lipinski definition) is 2. The van der Waals surface area contributed by atoms with Crippen LogP contribution in [0, 0.1) is 5.92 Å². The van der Waals surface area contributed by atoms with Crippen LogP contribution in [-0.2, 0) is 0 Å². The van der Waals surface area contributed by atoms with E-state index >= 15 is 0 Å². The largest absolute Gasteiger partial charge is 0.507 e. The van der Waals surface area contributed by atoms with Gasteiger partial charge in [0, 0.05) is 19.7 Å². The molecule has 1 heterocycles. The first-order valence-corrected chi connectivity index (χ1v) is 6.95. The molecule has 0 bridgehead atoms. The summed E-state index contributed by atoms with van der Waals surface area (Å²) < 4.78 is 5.02. The predicted octanol–water partition coefficient (Wildman–Crippen LogP) is 1.47. The van der Waals surface area contributed by atoms with Gasteiger partial charge in [-0.3, -0.25) is 4.79 Å². The molecule has 1 amide bonds. The maximum Gasteiger partial charge on any atom is 0.257 e. The summed E-state index contributed by atoms with van der Waals surface area (Å²) in [5.74, 6) is 0.890. The summed E-state index contributed by atoms with van der Waals surface area (Å²) in [6.07, 6.45) is 2.18. The van der Waals surface area contributed by atoms with Crippen molar-refractivity contribution in [2.45, 2.75) is 12.8 Å². The van der Waals surface area contributed by atoms with E-state index in [1.807, 2.05) is 0 Å². The smallest absolute Gasteiger partial charge is 0.257 e. The number of ether oxygens (including phenoxy) is 1. The fourth-order valence-corrected chi connectivity index (χ4v) is 2.56. The number of phenols is 1. The Kier molecular flexibility index (Phi) is 4.84. The van der Waals surface area contributed by atoms with Crippen LogP contribution in [0.15, 0.2) is 18.2 Å². The standard InChI is InChI=1S/C15H22N2O3/c1-17(10-11-5-7-16-8-6-11)15(19)13-4-3-12(20-2)9-14(13)18/h3-4,9,11,16,18H,5-8,10H2,1-2H3. The fourth-order valence-electron chi connectivity index (χ4n) is 2.56. The minimum Gasteiger partial charge on any atom is -0.507 e. The lowest BCUT2D eigenvalue weighted by atomic mass is 9.97. The summed E-state index contributed by atoms with van der Waals surface area (Å²) >= 11 is 0. The van der Waals surface area contributed by atoms with Gasteiger partial charge < -0.3 is 20.1 Å². The number of benzene rings is 1. The van der Waals surface area contributed by atoms with E-state index in [4.69, 9.17) is 4.74 Å². The number of aromatic hydroxyl groups is 1. The summed E-state index contributed by atoms with van der Waals surface area (Å²) in [5, 5.41) is 13.2. The highest BCUT2D eigenvalue weighted by molar-refractivity contribution is 5.96. The van der Waals surface area contributed by atoms with Gasteiger partial charge in [0.1, 0.15) is 11.5 Å². The van der Waals surface area contributed by atoms with Crippen LogP contribution in [0.25, 0.3) is 0 Å². The van der Waals surface area contributed by atoms with Crippen molar-refractivity contribution in [2.75, 3.05) is 33.8 Å². The third-order valence-electron chi connectivity index (χ3n) is 3.77. The third kappa shape index (κ3) is 3.42. The topological polar surface area (TPSA) is 61.8 Å². The van der Waals surface area contributed by atoms with E-state index < -0.39 is 0 Å². The van der Waals surface area contributed by atoms with E-state index in [-0.39, 0.29) is 11.7 Å². The van der Waals surface area contributed by atoms with Gasteiger partial charge in [0.2, 0.25) is 0 Å². The van der Waals surface area contributed by atoms with E-state index in [1.54, 1.807) is 24.1 Å². The summed E-state index contributed by atoms with van der Waals surface area (Å²) in [6.45, 7) is 2.76. The Bertz CT molecular complexity index is 470. The molecule has 0 unspecified atom stereocenters. The zero-order valence-electron chi connectivity index (χ0n) is 12.1. The molecular weight excluding hydrogens is 256 g/mol. The Morgan fingerprint density at radius 1 is 1.45 bits per heavy atom. The van der Waals surface area contributed by atoms with Crippen LogP contribution in [0.2, 0.25) is 0 Å². The van der Waals surface area contributed by atoms with Crippen molar-refractivity contribution in [1.29, 1.82) is 0 Å². The van der Waals surface area contributed by atoms with E-state index in [0.29, 0.717) is 17.2 Å². The van der Waals surface area contributed by atoms with Gasteiger partial charge in [0.15, 0.2) is 0 Å². The van der Waals surface area contributed by atoms with Crippen LogP contribution < -0.4 is 10.1 Å². The average Bonchev–Trinajstić information content (AvgIpc) is 2.47. The molecule has 5 nitrogen and oxygen atoms in total. The normalized spacial score (nSPS) is 15.9. The molecule has 1 aliphatic heterocycles. The molecule has 20 heavy (non-hydrogen) atoms. The Labute approximate surface area is 119 Å². The van der Waals surface area contributed by atoms with Gasteiger partial charge in [0.25, 0.3) is 5.91 Å². The summed E-state index contributed by atoms with van der Waals surface area (Å²) in [7, 11) is 3.31. The third-order valence-corrected chi connectivity index (χ3v) is 3.77. The van der Waals surface area contributed by atoms with E-state index in [0.717, 1.165) is 32.5 Å². The second-order valence-electron chi connectivity index (χ2n) is 5.26. The molecule has 0 aromatic heterocycles. The number of carbonyl (C=O) groups excluding carboxylic acids is 1. The molecule has 1 aromatic carbocycles. The van der Waals surface area contributed by atoms with Gasteiger partial charge in [-0.05, 0) is 44.0 Å². The van der Waals surface area contributed by atoms with Crippen LogP contribution in [0.1, 0.15) is 23.2 Å². The highest BCUT2D eigenvalue weighted by Crippen LogP contribution is 2.25. The molecule has 2 rings (SSSR count). The van der Waals surface area contributed by atoms with Gasteiger partial charge in [-0.15, -0.1) is 0 Å². The molecule has 0 spiro atoms. The molecule has 0 atom stereocenters. The zero-order valence-corrected chi connectivity index (χ0v) is 12.1. The van der Waals surface area contributed by atoms with Crippen LogP contribution in [0.3, 0.4) is 0 Å². The number of methoxy groups -OCH3 is 1. The van der Waals surface area contributed by atoms with Crippen molar-refractivity contribution in [3.63, 3.8) is 0 Å². The fraction of sp³-hybridized carbons (Fsp3) is 0.533. The highest BCUT2D eigenvalue weighted by atomic mass is 16.5. The van der Waals surface area contributed by atoms with E-state index in [1.165, 1.54) is 13.2 Å². The molecule has 1 saturated heterocycles. The summed E-state index contributed by atoms with van der Waals surface area (Å²) in [5.41, 5.74) is 0.322. The average molecular weight is 278 g/mol. The maximum absolute atomic E-state index is 12.3. The monoisotopic (exact) mass is 278 g/mol. The number of nitrogens with one attached hydrogen (secondary N) is 1. The minimum absolute atomic E-state index is 0.0356. The maximum atomic E-state index is 12.3. The first-order chi connectivity index (χ1) is 9.61. The molecule has 0 saturated carbocycles. The molecule has 110 valence electrons. The first-order valence-electron chi connectivity index (χ1n) is 6.95. The van der Waals surface area contributed by atoms with Gasteiger partial charge in [-0.1, -0.05) is 0 Å². The molecular formula is C15H22N2O3. The number of phenolic OH excluding ortho intramolecular Hbond substituents is 1. The number of piperidine rings is 1. The van der Waals surface area contributed by atoms with E-state index in [2.05, 4.69) is 5.32 Å². The summed E-state index contributed by atoms with van der Waals surface area (Å²) in [6, 6.07) is 4.76. The quantitative estimate of drug-likeness (QED) is 0.875. The number of nitrogens with zero attached hydrogens (tertiary/aromatic N) is 1. The lowest BCUT2D eigenvalue weighted by molar-refractivity contribution is 0.0759. The second kappa shape index (κ2) is 6.61. The Balaban J connectivity index is 2.02. The number of hydrogen-bond acceptors (Lipinski definition) is 4. The number of carbonyl (C=O) groups is 1. The van der Waals surface area contributed by atoms with Crippen LogP contribution >= 0.6 is 0 Å². The lowest BCUT2D eigenvalue weighted by Crippen LogP contribution is -2.37. The van der Waals surface area contributed by atoms with Crippen molar-refractivity contribution in [3.8, 4) is 11.5 Å². The minimum atomic E-state index is -0.149. The Morgan fingerprint density at radius 2 is 2.15 bits per heavy atom. The van der Waals surface area contributed by atoms with Crippen molar-refractivity contribution < 1.29 is 14.6 Å². The van der Waals surface area contributed by atoms with Crippen molar-refractivity contribution in [2.24, 2.45) is 5.92 Å². The molecule has 1 fully saturated rings. The van der Waals surface area contributed by atoms with Crippen LogP contribution in [-0.4, -0.2) is 49.7 Å². The Morgan fingerprint density at radius 3 is 2.75 bits per heavy atom. The van der Waals surface area contributed by atoms with Crippen molar-refractivity contribution in [3.05, 3.63) is 23.8 Å². The molecule has 1 aromatic rings. The van der Waals surface area contributed by atoms with Crippen molar-refractivity contribution >= 4 is 5.91 Å². The highest BCUT2D eigenvalue weighted by Gasteiger charge is 2.21. The van der Waals surface area contributed by atoms with Gasteiger partial charge in [-0.2, -0.15) is 0 Å².